The van der Waals surface area contributed by atoms with Crippen LogP contribution in [0.5, 0.6) is 0 Å². The summed E-state index contributed by atoms with van der Waals surface area (Å²) in [5, 5.41) is 4.19. The minimum atomic E-state index is 0.253. The van der Waals surface area contributed by atoms with Gasteiger partial charge >= 0.3 is 0 Å². The van der Waals surface area contributed by atoms with Crippen LogP contribution >= 0.6 is 0 Å². The van der Waals surface area contributed by atoms with Gasteiger partial charge in [-0.1, -0.05) is 19.0 Å². The fraction of sp³-hybridized carbons (Fsp3) is 0.875. The van der Waals surface area contributed by atoms with E-state index in [1.165, 1.54) is 25.7 Å². The third kappa shape index (κ3) is 4.30. The summed E-state index contributed by atoms with van der Waals surface area (Å²) in [5.74, 6) is 3.91. The molecule has 1 heterocycles. The number of nitrogens with zero attached hydrogens (tertiary/aromatic N) is 2. The number of hydrogen-bond acceptors (Lipinski definition) is 4. The lowest BCUT2D eigenvalue weighted by molar-refractivity contribution is 0.251. The highest BCUT2D eigenvalue weighted by molar-refractivity contribution is 4.98. The summed E-state index contributed by atoms with van der Waals surface area (Å²) in [7, 11) is 0. The minimum absolute atomic E-state index is 0.253. The molecule has 2 rings (SSSR count). The fourth-order valence-corrected chi connectivity index (χ4v) is 3.15. The smallest absolute Gasteiger partial charge is 0.226 e. The van der Waals surface area contributed by atoms with E-state index in [4.69, 9.17) is 10.3 Å². The van der Waals surface area contributed by atoms with E-state index in [2.05, 4.69) is 24.0 Å². The molecule has 0 aromatic carbocycles. The molecule has 0 amide bonds. The van der Waals surface area contributed by atoms with Crippen molar-refractivity contribution in [1.29, 1.82) is 0 Å². The Kier molecular flexibility index (Phi) is 5.58. The van der Waals surface area contributed by atoms with Gasteiger partial charge in [0.2, 0.25) is 5.89 Å². The molecule has 1 aromatic rings. The monoisotopic (exact) mass is 279 g/mol. The topological polar surface area (TPSA) is 64.9 Å². The lowest BCUT2D eigenvalue weighted by atomic mass is 9.77. The van der Waals surface area contributed by atoms with Gasteiger partial charge in [0.05, 0.1) is 0 Å². The van der Waals surface area contributed by atoms with Gasteiger partial charge in [0.25, 0.3) is 0 Å². The Bertz CT molecular complexity index is 392. The van der Waals surface area contributed by atoms with Gasteiger partial charge in [-0.15, -0.1) is 0 Å². The zero-order valence-electron chi connectivity index (χ0n) is 13.1. The second-order valence-electron chi connectivity index (χ2n) is 6.77. The van der Waals surface area contributed by atoms with Crippen LogP contribution in [0.3, 0.4) is 0 Å². The largest absolute Gasteiger partial charge is 0.339 e. The summed E-state index contributed by atoms with van der Waals surface area (Å²) >= 11 is 0. The van der Waals surface area contributed by atoms with Gasteiger partial charge in [-0.25, -0.2) is 0 Å². The molecule has 1 fully saturated rings. The zero-order valence-corrected chi connectivity index (χ0v) is 13.1. The van der Waals surface area contributed by atoms with Gasteiger partial charge in [0, 0.05) is 18.4 Å². The predicted molar refractivity (Wildman–Crippen MR) is 80.4 cm³/mol. The van der Waals surface area contributed by atoms with E-state index in [1.807, 2.05) is 6.92 Å². The number of aryl methyl sites for hydroxylation is 1. The summed E-state index contributed by atoms with van der Waals surface area (Å²) in [6.45, 7) is 6.69. The van der Waals surface area contributed by atoms with E-state index >= 15 is 0 Å². The highest BCUT2D eigenvalue weighted by atomic mass is 16.5. The van der Waals surface area contributed by atoms with Crippen molar-refractivity contribution in [2.24, 2.45) is 17.6 Å². The molecule has 0 aliphatic heterocycles. The zero-order chi connectivity index (χ0) is 14.5. The molecule has 114 valence electrons. The van der Waals surface area contributed by atoms with E-state index in [9.17, 15) is 0 Å². The van der Waals surface area contributed by atoms with E-state index in [1.54, 1.807) is 0 Å². The third-order valence-corrected chi connectivity index (χ3v) is 4.61. The van der Waals surface area contributed by atoms with Crippen LogP contribution in [-0.4, -0.2) is 16.2 Å². The number of aromatic nitrogens is 2. The molecule has 0 spiro atoms. The SMILES string of the molecule is CC(N)CCCc1nc(C2CCC(C(C)C)CC2)no1. The summed E-state index contributed by atoms with van der Waals surface area (Å²) in [6, 6.07) is 0.253. The Morgan fingerprint density at radius 1 is 1.20 bits per heavy atom. The molecule has 1 aromatic heterocycles. The predicted octanol–water partition coefficient (Wildman–Crippen LogP) is 3.67. The van der Waals surface area contributed by atoms with E-state index in [0.717, 1.165) is 42.8 Å². The second kappa shape index (κ2) is 7.21. The summed E-state index contributed by atoms with van der Waals surface area (Å²) in [6.07, 6.45) is 7.92. The first-order valence-corrected chi connectivity index (χ1v) is 8.14. The average Bonchev–Trinajstić information content (AvgIpc) is 2.87. The molecule has 1 unspecified atom stereocenters. The van der Waals surface area contributed by atoms with Crippen LogP contribution in [0.4, 0.5) is 0 Å². The molecular weight excluding hydrogens is 250 g/mol. The van der Waals surface area contributed by atoms with Gasteiger partial charge in [0.15, 0.2) is 5.82 Å². The maximum absolute atomic E-state index is 5.75. The molecule has 20 heavy (non-hydrogen) atoms. The quantitative estimate of drug-likeness (QED) is 0.863. The van der Waals surface area contributed by atoms with Gasteiger partial charge < -0.3 is 10.3 Å². The molecule has 4 nitrogen and oxygen atoms in total. The molecular formula is C16H29N3O. The van der Waals surface area contributed by atoms with Crippen LogP contribution < -0.4 is 5.73 Å². The Balaban J connectivity index is 1.81. The van der Waals surface area contributed by atoms with Crippen molar-refractivity contribution >= 4 is 0 Å². The van der Waals surface area contributed by atoms with Crippen molar-refractivity contribution in [3.63, 3.8) is 0 Å². The first-order valence-electron chi connectivity index (χ1n) is 8.14. The van der Waals surface area contributed by atoms with Crippen molar-refractivity contribution in [1.82, 2.24) is 10.1 Å². The summed E-state index contributed by atoms with van der Waals surface area (Å²) in [5.41, 5.74) is 5.75. The Morgan fingerprint density at radius 2 is 1.90 bits per heavy atom. The van der Waals surface area contributed by atoms with Crippen LogP contribution in [0.2, 0.25) is 0 Å². The second-order valence-corrected chi connectivity index (χ2v) is 6.77. The third-order valence-electron chi connectivity index (χ3n) is 4.61. The van der Waals surface area contributed by atoms with Crippen molar-refractivity contribution in [2.45, 2.75) is 77.7 Å². The highest BCUT2D eigenvalue weighted by Gasteiger charge is 2.27. The van der Waals surface area contributed by atoms with Crippen LogP contribution in [0.1, 0.15) is 76.9 Å². The molecule has 1 atom stereocenters. The first-order chi connectivity index (χ1) is 9.56. The Morgan fingerprint density at radius 3 is 2.50 bits per heavy atom. The molecule has 0 radical (unpaired) electrons. The molecule has 2 N–H and O–H groups in total. The Hall–Kier alpha value is -0.900. The Labute approximate surface area is 122 Å². The molecule has 1 aliphatic carbocycles. The van der Waals surface area contributed by atoms with Gasteiger partial charge in [0.1, 0.15) is 0 Å². The lowest BCUT2D eigenvalue weighted by Crippen LogP contribution is -2.18. The standard InChI is InChI=1S/C16H29N3O/c1-11(2)13-7-9-14(10-8-13)16-18-15(20-19-16)6-4-5-12(3)17/h11-14H,4-10,17H2,1-3H3. The number of hydrogen-bond donors (Lipinski definition) is 1. The highest BCUT2D eigenvalue weighted by Crippen LogP contribution is 2.37. The summed E-state index contributed by atoms with van der Waals surface area (Å²) in [4.78, 5) is 4.58. The number of rotatable bonds is 6. The normalized spacial score (nSPS) is 25.1. The van der Waals surface area contributed by atoms with Crippen molar-refractivity contribution in [3.8, 4) is 0 Å². The lowest BCUT2D eigenvalue weighted by Gasteiger charge is -2.29. The van der Waals surface area contributed by atoms with Crippen LogP contribution in [0.15, 0.2) is 4.52 Å². The first kappa shape index (κ1) is 15.5. The molecule has 4 heteroatoms. The molecule has 0 bridgehead atoms. The van der Waals surface area contributed by atoms with Crippen molar-refractivity contribution in [2.75, 3.05) is 0 Å². The van der Waals surface area contributed by atoms with Crippen LogP contribution in [0, 0.1) is 11.8 Å². The van der Waals surface area contributed by atoms with E-state index in [0.29, 0.717) is 5.92 Å². The van der Waals surface area contributed by atoms with Crippen LogP contribution in [-0.2, 0) is 6.42 Å². The van der Waals surface area contributed by atoms with Crippen molar-refractivity contribution in [3.05, 3.63) is 11.7 Å². The maximum atomic E-state index is 5.75. The van der Waals surface area contributed by atoms with E-state index < -0.39 is 0 Å². The van der Waals surface area contributed by atoms with Gasteiger partial charge in [-0.2, -0.15) is 4.98 Å². The van der Waals surface area contributed by atoms with E-state index in [-0.39, 0.29) is 6.04 Å². The van der Waals surface area contributed by atoms with Gasteiger partial charge in [-0.05, 0) is 57.3 Å². The molecule has 0 saturated heterocycles. The minimum Gasteiger partial charge on any atom is -0.339 e. The maximum Gasteiger partial charge on any atom is 0.226 e. The number of nitrogens with two attached hydrogens (primary N) is 1. The van der Waals surface area contributed by atoms with Crippen molar-refractivity contribution < 1.29 is 4.52 Å². The molecule has 1 saturated carbocycles. The van der Waals surface area contributed by atoms with Gasteiger partial charge in [-0.3, -0.25) is 0 Å². The van der Waals surface area contributed by atoms with Crippen LogP contribution in [0.25, 0.3) is 0 Å². The molecule has 1 aliphatic rings. The summed E-state index contributed by atoms with van der Waals surface area (Å²) < 4.78 is 5.37. The average molecular weight is 279 g/mol. The fourth-order valence-electron chi connectivity index (χ4n) is 3.15.